The van der Waals surface area contributed by atoms with E-state index >= 15 is 0 Å². The molecule has 1 aromatic heterocycles. The first-order chi connectivity index (χ1) is 11.7. The highest BCUT2D eigenvalue weighted by Crippen LogP contribution is 2.17. The van der Waals surface area contributed by atoms with Crippen molar-refractivity contribution in [2.75, 3.05) is 26.2 Å². The fourth-order valence-corrected chi connectivity index (χ4v) is 3.11. The molecule has 24 heavy (non-hydrogen) atoms. The zero-order valence-corrected chi connectivity index (χ0v) is 13.9. The van der Waals surface area contributed by atoms with Crippen molar-refractivity contribution in [3.05, 3.63) is 59.8 Å². The van der Waals surface area contributed by atoms with Gasteiger partial charge in [-0.1, -0.05) is 42.0 Å². The molecular weight excluding hydrogens is 302 g/mol. The number of nitrogens with one attached hydrogen (secondary N) is 1. The minimum atomic E-state index is -0.189. The Labute approximate surface area is 142 Å². The number of rotatable bonds is 6. The van der Waals surface area contributed by atoms with E-state index in [2.05, 4.69) is 52.5 Å². The summed E-state index contributed by atoms with van der Waals surface area (Å²) in [4.78, 5) is 18.1. The van der Waals surface area contributed by atoms with Crippen LogP contribution in [0.5, 0.6) is 0 Å². The maximum atomic E-state index is 11.9. The van der Waals surface area contributed by atoms with Gasteiger partial charge in [-0.25, -0.2) is 4.98 Å². The Hall–Kier alpha value is -2.40. The molecule has 1 saturated heterocycles. The summed E-state index contributed by atoms with van der Waals surface area (Å²) in [5, 5.41) is 2.93. The van der Waals surface area contributed by atoms with Crippen molar-refractivity contribution in [2.24, 2.45) is 5.92 Å². The first kappa shape index (κ1) is 16.5. The zero-order chi connectivity index (χ0) is 16.8. The number of hydrogen-bond donors (Lipinski definition) is 1. The second kappa shape index (κ2) is 7.93. The summed E-state index contributed by atoms with van der Waals surface area (Å²) in [6.07, 6.45) is 6.05. The molecule has 1 aliphatic heterocycles. The van der Waals surface area contributed by atoms with Crippen molar-refractivity contribution in [1.29, 1.82) is 0 Å². The normalized spacial score (nSPS) is 18.7. The highest BCUT2D eigenvalue weighted by Gasteiger charge is 2.23. The molecule has 0 saturated carbocycles. The summed E-state index contributed by atoms with van der Waals surface area (Å²) in [5.41, 5.74) is 2.60. The Morgan fingerprint density at radius 1 is 1.42 bits per heavy atom. The third-order valence-corrected chi connectivity index (χ3v) is 4.26. The van der Waals surface area contributed by atoms with Gasteiger partial charge in [-0.05, 0) is 31.4 Å². The lowest BCUT2D eigenvalue weighted by atomic mass is 10.1. The van der Waals surface area contributed by atoms with Crippen molar-refractivity contribution in [2.45, 2.75) is 13.3 Å². The lowest BCUT2D eigenvalue weighted by Gasteiger charge is -2.16. The quantitative estimate of drug-likeness (QED) is 0.887. The molecule has 5 heteroatoms. The number of amides is 1. The maximum Gasteiger partial charge on any atom is 0.288 e. The zero-order valence-electron chi connectivity index (χ0n) is 13.9. The topological polar surface area (TPSA) is 58.4 Å². The van der Waals surface area contributed by atoms with E-state index in [9.17, 15) is 4.79 Å². The van der Waals surface area contributed by atoms with Crippen LogP contribution in [0.3, 0.4) is 0 Å². The molecule has 2 heterocycles. The highest BCUT2D eigenvalue weighted by molar-refractivity contribution is 5.90. The van der Waals surface area contributed by atoms with Gasteiger partial charge in [0.05, 0.1) is 6.20 Å². The summed E-state index contributed by atoms with van der Waals surface area (Å²) >= 11 is 0. The van der Waals surface area contributed by atoms with Gasteiger partial charge >= 0.3 is 0 Å². The third-order valence-electron chi connectivity index (χ3n) is 4.26. The lowest BCUT2D eigenvalue weighted by Crippen LogP contribution is -2.31. The average molecular weight is 325 g/mol. The van der Waals surface area contributed by atoms with E-state index in [0.717, 1.165) is 26.1 Å². The van der Waals surface area contributed by atoms with Crippen LogP contribution in [0.4, 0.5) is 0 Å². The van der Waals surface area contributed by atoms with Gasteiger partial charge in [0.15, 0.2) is 6.39 Å². The monoisotopic (exact) mass is 325 g/mol. The fourth-order valence-electron chi connectivity index (χ4n) is 3.11. The van der Waals surface area contributed by atoms with Crippen LogP contribution in [0.1, 0.15) is 29.5 Å². The number of nitrogens with zero attached hydrogens (tertiary/aromatic N) is 2. The molecule has 1 fully saturated rings. The van der Waals surface area contributed by atoms with E-state index in [1.807, 2.05) is 6.07 Å². The number of carbonyl (C=O) groups excluding carboxylic acids is 1. The molecule has 0 bridgehead atoms. The van der Waals surface area contributed by atoms with Gasteiger partial charge in [-0.3, -0.25) is 9.69 Å². The summed E-state index contributed by atoms with van der Waals surface area (Å²) in [6, 6.07) is 10.4. The SMILES string of the molecule is C/C(=C\c1ccccc1)CN1CCC(CNC(=O)c2cnco2)C1. The molecule has 3 rings (SSSR count). The van der Waals surface area contributed by atoms with Crippen LogP contribution in [0.15, 0.2) is 52.9 Å². The van der Waals surface area contributed by atoms with Gasteiger partial charge < -0.3 is 9.73 Å². The number of hydrogen-bond acceptors (Lipinski definition) is 4. The number of oxazole rings is 1. The summed E-state index contributed by atoms with van der Waals surface area (Å²) < 4.78 is 5.00. The first-order valence-corrected chi connectivity index (χ1v) is 8.32. The number of carbonyl (C=O) groups is 1. The minimum Gasteiger partial charge on any atom is -0.438 e. The fraction of sp³-hybridized carbons (Fsp3) is 0.368. The Balaban J connectivity index is 1.44. The average Bonchev–Trinajstić information content (AvgIpc) is 3.25. The van der Waals surface area contributed by atoms with Gasteiger partial charge in [0.2, 0.25) is 5.76 Å². The van der Waals surface area contributed by atoms with Crippen LogP contribution in [-0.4, -0.2) is 42.0 Å². The van der Waals surface area contributed by atoms with Gasteiger partial charge in [0.1, 0.15) is 0 Å². The number of aromatic nitrogens is 1. The van der Waals surface area contributed by atoms with Crippen LogP contribution in [0, 0.1) is 5.92 Å². The molecule has 1 N–H and O–H groups in total. The molecule has 1 aliphatic rings. The largest absolute Gasteiger partial charge is 0.438 e. The molecule has 0 aliphatic carbocycles. The Kier molecular flexibility index (Phi) is 5.43. The maximum absolute atomic E-state index is 11.9. The molecular formula is C19H23N3O2. The van der Waals surface area contributed by atoms with Gasteiger partial charge in [0, 0.05) is 19.6 Å². The highest BCUT2D eigenvalue weighted by atomic mass is 16.3. The molecule has 1 atom stereocenters. The predicted octanol–water partition coefficient (Wildman–Crippen LogP) is 2.83. The molecule has 1 amide bonds. The van der Waals surface area contributed by atoms with Crippen molar-refractivity contribution in [3.8, 4) is 0 Å². The second-order valence-electron chi connectivity index (χ2n) is 6.37. The van der Waals surface area contributed by atoms with Crippen LogP contribution in [0.2, 0.25) is 0 Å². The predicted molar refractivity (Wildman–Crippen MR) is 93.5 cm³/mol. The minimum absolute atomic E-state index is 0.189. The first-order valence-electron chi connectivity index (χ1n) is 8.32. The van der Waals surface area contributed by atoms with Crippen molar-refractivity contribution < 1.29 is 9.21 Å². The van der Waals surface area contributed by atoms with Crippen molar-refractivity contribution >= 4 is 12.0 Å². The van der Waals surface area contributed by atoms with Crippen LogP contribution in [0.25, 0.3) is 6.08 Å². The van der Waals surface area contributed by atoms with Gasteiger partial charge in [-0.15, -0.1) is 0 Å². The molecule has 0 spiro atoms. The van der Waals surface area contributed by atoms with Crippen LogP contribution < -0.4 is 5.32 Å². The van der Waals surface area contributed by atoms with E-state index in [1.54, 1.807) is 0 Å². The number of benzene rings is 1. The van der Waals surface area contributed by atoms with Gasteiger partial charge in [0.25, 0.3) is 5.91 Å². The molecule has 2 aromatic rings. The van der Waals surface area contributed by atoms with E-state index in [-0.39, 0.29) is 11.7 Å². The second-order valence-corrected chi connectivity index (χ2v) is 6.37. The van der Waals surface area contributed by atoms with Crippen LogP contribution >= 0.6 is 0 Å². The van der Waals surface area contributed by atoms with E-state index in [4.69, 9.17) is 4.42 Å². The number of likely N-dealkylation sites (tertiary alicyclic amines) is 1. The smallest absolute Gasteiger partial charge is 0.288 e. The van der Waals surface area contributed by atoms with E-state index in [0.29, 0.717) is 12.5 Å². The molecule has 5 nitrogen and oxygen atoms in total. The lowest BCUT2D eigenvalue weighted by molar-refractivity contribution is 0.0919. The molecule has 126 valence electrons. The molecule has 0 radical (unpaired) electrons. The Morgan fingerprint density at radius 2 is 2.25 bits per heavy atom. The standard InChI is InChI=1S/C19H23N3O2/c1-15(9-16-5-3-2-4-6-16)12-22-8-7-17(13-22)10-21-19(23)18-11-20-14-24-18/h2-6,9,11,14,17H,7-8,10,12-13H2,1H3,(H,21,23)/b15-9+. The van der Waals surface area contributed by atoms with Gasteiger partial charge in [-0.2, -0.15) is 0 Å². The third kappa shape index (κ3) is 4.55. The van der Waals surface area contributed by atoms with Crippen molar-refractivity contribution in [1.82, 2.24) is 15.2 Å². The van der Waals surface area contributed by atoms with Crippen LogP contribution in [-0.2, 0) is 0 Å². The summed E-state index contributed by atoms with van der Waals surface area (Å²) in [7, 11) is 0. The summed E-state index contributed by atoms with van der Waals surface area (Å²) in [5.74, 6) is 0.569. The molecule has 1 aromatic carbocycles. The molecule has 1 unspecified atom stereocenters. The van der Waals surface area contributed by atoms with E-state index in [1.165, 1.54) is 23.7 Å². The Bertz CT molecular complexity index is 680. The summed E-state index contributed by atoms with van der Waals surface area (Å²) in [6.45, 7) is 5.91. The van der Waals surface area contributed by atoms with E-state index < -0.39 is 0 Å². The van der Waals surface area contributed by atoms with Crippen molar-refractivity contribution in [3.63, 3.8) is 0 Å². The Morgan fingerprint density at radius 3 is 3.00 bits per heavy atom.